The molecule has 0 atom stereocenters. The molecule has 0 aromatic rings. The number of aliphatic hydroxyl groups excluding tert-OH is 1. The Kier molecular flexibility index (Phi) is 19.2. The molecule has 0 saturated carbocycles. The normalized spacial score (nSPS) is 9.86. The Morgan fingerprint density at radius 1 is 0.643 bits per heavy atom. The predicted molar refractivity (Wildman–Crippen MR) is 67.5 cm³/mol. The zero-order valence-corrected chi connectivity index (χ0v) is 11.8. The van der Waals surface area contributed by atoms with E-state index in [1.807, 2.05) is 0 Å². The zero-order chi connectivity index (χ0) is 9.78. The molecule has 0 radical (unpaired) electrons. The summed E-state index contributed by atoms with van der Waals surface area (Å²) in [7, 11) is 0. The van der Waals surface area contributed by atoms with Crippen molar-refractivity contribution < 1.29 is 5.11 Å². The minimum atomic E-state index is 0. The summed E-state index contributed by atoms with van der Waals surface area (Å²) in [5.74, 6) is 0. The fourth-order valence-electron chi connectivity index (χ4n) is 1.60. The van der Waals surface area contributed by atoms with Crippen LogP contribution in [0.2, 0.25) is 0 Å². The van der Waals surface area contributed by atoms with E-state index >= 15 is 0 Å². The molecule has 0 heterocycles. The molecule has 14 heavy (non-hydrogen) atoms. The van der Waals surface area contributed by atoms with Crippen molar-refractivity contribution in [3.63, 3.8) is 0 Å². The van der Waals surface area contributed by atoms with Crippen molar-refractivity contribution in [2.24, 2.45) is 0 Å². The fourth-order valence-corrected chi connectivity index (χ4v) is 1.60. The van der Waals surface area contributed by atoms with Gasteiger partial charge in [0.15, 0.2) is 0 Å². The Morgan fingerprint density at radius 2 is 1.00 bits per heavy atom. The molecule has 0 aromatic carbocycles. The number of hydrogen-bond acceptors (Lipinski definition) is 1. The van der Waals surface area contributed by atoms with Crippen LogP contribution in [0.25, 0.3) is 0 Å². The van der Waals surface area contributed by atoms with E-state index in [1.165, 1.54) is 57.8 Å². The van der Waals surface area contributed by atoms with Gasteiger partial charge in [0.2, 0.25) is 0 Å². The molecule has 0 fully saturated rings. The molecule has 88 valence electrons. The molecule has 2 heteroatoms. The van der Waals surface area contributed by atoms with Crippen LogP contribution in [0.1, 0.15) is 71.1 Å². The molecule has 0 spiro atoms. The van der Waals surface area contributed by atoms with E-state index in [0.717, 1.165) is 6.42 Å². The van der Waals surface area contributed by atoms with E-state index in [9.17, 15) is 0 Å². The van der Waals surface area contributed by atoms with Crippen LogP contribution in [0, 0.1) is 0 Å². The molecule has 0 aliphatic carbocycles. The standard InChI is InChI=1S/C12H26O.H2Se/c1-2-3-4-5-6-7-8-9-10-11-12-13;/h13H,2-12H2,1H3;1H2. The van der Waals surface area contributed by atoms with Crippen LogP contribution in [-0.4, -0.2) is 28.8 Å². The maximum atomic E-state index is 8.57. The molecule has 0 rings (SSSR count). The Hall–Kier alpha value is 0.479. The number of hydrogen-bond donors (Lipinski definition) is 1. The van der Waals surface area contributed by atoms with Gasteiger partial charge in [0, 0.05) is 6.61 Å². The Bertz CT molecular complexity index is 76.4. The third-order valence-corrected chi connectivity index (χ3v) is 2.51. The summed E-state index contributed by atoms with van der Waals surface area (Å²) in [6.07, 6.45) is 13.3. The van der Waals surface area contributed by atoms with Crippen LogP contribution in [-0.2, 0) is 0 Å². The molecule has 0 saturated heterocycles. The summed E-state index contributed by atoms with van der Waals surface area (Å²) in [4.78, 5) is 0. The van der Waals surface area contributed by atoms with Crippen LogP contribution in [0.5, 0.6) is 0 Å². The van der Waals surface area contributed by atoms with Crippen molar-refractivity contribution in [1.82, 2.24) is 0 Å². The molecule has 0 aliphatic rings. The number of unbranched alkanes of at least 4 members (excludes halogenated alkanes) is 9. The first-order valence-corrected chi connectivity index (χ1v) is 6.02. The molecule has 0 aliphatic heterocycles. The molecule has 0 bridgehead atoms. The van der Waals surface area contributed by atoms with Crippen LogP contribution in [0.15, 0.2) is 0 Å². The van der Waals surface area contributed by atoms with Gasteiger partial charge in [0.1, 0.15) is 0 Å². The van der Waals surface area contributed by atoms with Crippen LogP contribution in [0.3, 0.4) is 0 Å². The summed E-state index contributed by atoms with van der Waals surface area (Å²) in [6, 6.07) is 0. The zero-order valence-electron chi connectivity index (χ0n) is 9.73. The van der Waals surface area contributed by atoms with Crippen molar-refractivity contribution >= 4 is 17.1 Å². The van der Waals surface area contributed by atoms with E-state index in [1.54, 1.807) is 0 Å². The van der Waals surface area contributed by atoms with Crippen LogP contribution < -0.4 is 0 Å². The fraction of sp³-hybridized carbons (Fsp3) is 1.00. The molecular formula is C12H28OSe. The van der Waals surface area contributed by atoms with E-state index < -0.39 is 0 Å². The summed E-state index contributed by atoms with van der Waals surface area (Å²) < 4.78 is 0. The van der Waals surface area contributed by atoms with E-state index in [4.69, 9.17) is 5.11 Å². The predicted octanol–water partition coefficient (Wildman–Crippen LogP) is 2.98. The second-order valence-electron chi connectivity index (χ2n) is 3.91. The van der Waals surface area contributed by atoms with E-state index in [2.05, 4.69) is 6.92 Å². The minimum absolute atomic E-state index is 0. The third kappa shape index (κ3) is 15.0. The Labute approximate surface area is 100 Å². The van der Waals surface area contributed by atoms with Gasteiger partial charge in [-0.05, 0) is 6.42 Å². The van der Waals surface area contributed by atoms with E-state index in [0.29, 0.717) is 6.61 Å². The molecule has 0 unspecified atom stereocenters. The number of aliphatic hydroxyl groups is 1. The molecule has 0 aromatic heterocycles. The summed E-state index contributed by atoms with van der Waals surface area (Å²) >= 11 is 0. The van der Waals surface area contributed by atoms with Crippen molar-refractivity contribution in [2.75, 3.05) is 6.61 Å². The second kappa shape index (κ2) is 15.9. The van der Waals surface area contributed by atoms with Gasteiger partial charge in [-0.1, -0.05) is 64.7 Å². The number of rotatable bonds is 10. The van der Waals surface area contributed by atoms with Gasteiger partial charge in [-0.25, -0.2) is 0 Å². The second-order valence-corrected chi connectivity index (χ2v) is 3.91. The van der Waals surface area contributed by atoms with Gasteiger partial charge < -0.3 is 5.11 Å². The van der Waals surface area contributed by atoms with Crippen LogP contribution in [0.4, 0.5) is 0 Å². The van der Waals surface area contributed by atoms with Crippen molar-refractivity contribution in [3.05, 3.63) is 0 Å². The van der Waals surface area contributed by atoms with Crippen molar-refractivity contribution in [1.29, 1.82) is 0 Å². The average Bonchev–Trinajstić information content (AvgIpc) is 2.16. The maximum absolute atomic E-state index is 8.57. The van der Waals surface area contributed by atoms with Gasteiger partial charge in [-0.2, -0.15) is 0 Å². The average molecular weight is 267 g/mol. The van der Waals surface area contributed by atoms with Gasteiger partial charge in [0.05, 0.1) is 0 Å². The first-order valence-electron chi connectivity index (χ1n) is 6.02. The monoisotopic (exact) mass is 268 g/mol. The third-order valence-electron chi connectivity index (χ3n) is 2.51. The van der Waals surface area contributed by atoms with E-state index in [-0.39, 0.29) is 17.1 Å². The summed E-state index contributed by atoms with van der Waals surface area (Å²) in [5.41, 5.74) is 0. The molecular weight excluding hydrogens is 239 g/mol. The van der Waals surface area contributed by atoms with Crippen molar-refractivity contribution in [3.8, 4) is 0 Å². The topological polar surface area (TPSA) is 20.2 Å². The first kappa shape index (κ1) is 16.9. The SMILES string of the molecule is CCCCCCCCCCCCO.[SeH2]. The van der Waals surface area contributed by atoms with Crippen molar-refractivity contribution in [2.45, 2.75) is 71.1 Å². The van der Waals surface area contributed by atoms with Gasteiger partial charge >= 0.3 is 17.1 Å². The van der Waals surface area contributed by atoms with Crippen LogP contribution >= 0.6 is 0 Å². The summed E-state index contributed by atoms with van der Waals surface area (Å²) in [6.45, 7) is 2.63. The van der Waals surface area contributed by atoms with Gasteiger partial charge in [-0.3, -0.25) is 0 Å². The Morgan fingerprint density at radius 3 is 1.36 bits per heavy atom. The van der Waals surface area contributed by atoms with Gasteiger partial charge in [-0.15, -0.1) is 0 Å². The molecule has 0 amide bonds. The summed E-state index contributed by atoms with van der Waals surface area (Å²) in [5, 5.41) is 8.57. The first-order chi connectivity index (χ1) is 6.41. The molecule has 1 N–H and O–H groups in total. The quantitative estimate of drug-likeness (QED) is 0.476. The Balaban J connectivity index is 0. The molecule has 1 nitrogen and oxygen atoms in total. The van der Waals surface area contributed by atoms with Gasteiger partial charge in [0.25, 0.3) is 0 Å².